The summed E-state index contributed by atoms with van der Waals surface area (Å²) in [7, 11) is 0. The van der Waals surface area contributed by atoms with Gasteiger partial charge in [0.2, 0.25) is 0 Å². The Bertz CT molecular complexity index is 285. The van der Waals surface area contributed by atoms with Gasteiger partial charge in [0.15, 0.2) is 11.6 Å². The molecule has 2 N–H and O–H groups in total. The molecule has 0 amide bonds. The monoisotopic (exact) mass is 150 g/mol. The van der Waals surface area contributed by atoms with Gasteiger partial charge in [0, 0.05) is 17.7 Å². The zero-order valence-corrected chi connectivity index (χ0v) is 6.37. The van der Waals surface area contributed by atoms with Crippen molar-refractivity contribution >= 4 is 5.82 Å². The van der Waals surface area contributed by atoms with Crippen molar-refractivity contribution in [3.63, 3.8) is 0 Å². The fourth-order valence-corrected chi connectivity index (χ4v) is 1.32. The van der Waals surface area contributed by atoms with Crippen LogP contribution in [0, 0.1) is 0 Å². The summed E-state index contributed by atoms with van der Waals surface area (Å²) in [6.07, 6.45) is 1.72. The highest BCUT2D eigenvalue weighted by Crippen LogP contribution is 2.36. The molecule has 0 aliphatic carbocycles. The van der Waals surface area contributed by atoms with E-state index in [0.717, 1.165) is 12.4 Å². The average molecular weight is 150 g/mol. The molecule has 1 atom stereocenters. The van der Waals surface area contributed by atoms with Gasteiger partial charge in [-0.3, -0.25) is 0 Å². The Morgan fingerprint density at radius 3 is 3.27 bits per heavy atom. The van der Waals surface area contributed by atoms with Crippen molar-refractivity contribution in [2.75, 3.05) is 12.3 Å². The summed E-state index contributed by atoms with van der Waals surface area (Å²) in [5.74, 6) is 1.74. The maximum atomic E-state index is 5.60. The number of rotatable bonds is 0. The van der Waals surface area contributed by atoms with E-state index in [9.17, 15) is 0 Å². The Kier molecular flexibility index (Phi) is 1.24. The lowest BCUT2D eigenvalue weighted by molar-refractivity contribution is 0.338. The third-order valence-corrected chi connectivity index (χ3v) is 1.97. The molecule has 0 aromatic carbocycles. The van der Waals surface area contributed by atoms with E-state index in [1.54, 1.807) is 6.20 Å². The molecule has 0 radical (unpaired) electrons. The number of ether oxygens (including phenoxy) is 1. The highest BCUT2D eigenvalue weighted by atomic mass is 16.5. The topological polar surface area (TPSA) is 48.1 Å². The standard InChI is InChI=1S/C8H10N2O/c1-5-4-11-7-6(5)2-3-10-8(7)9/h2-3,5H,4H2,1H3,(H2,9,10). The van der Waals surface area contributed by atoms with Gasteiger partial charge in [-0.2, -0.15) is 0 Å². The van der Waals surface area contributed by atoms with E-state index in [1.807, 2.05) is 6.07 Å². The Balaban J connectivity index is 2.57. The number of hydrogen-bond donors (Lipinski definition) is 1. The molecule has 1 aromatic rings. The second-order valence-corrected chi connectivity index (χ2v) is 2.83. The molecule has 0 fully saturated rings. The molecule has 2 rings (SSSR count). The Labute approximate surface area is 65.2 Å². The van der Waals surface area contributed by atoms with Crippen molar-refractivity contribution in [1.29, 1.82) is 0 Å². The molecule has 1 aliphatic rings. The molecule has 0 spiro atoms. The summed E-state index contributed by atoms with van der Waals surface area (Å²) >= 11 is 0. The van der Waals surface area contributed by atoms with E-state index < -0.39 is 0 Å². The third kappa shape index (κ3) is 0.843. The van der Waals surface area contributed by atoms with Crippen LogP contribution < -0.4 is 10.5 Å². The Morgan fingerprint density at radius 1 is 1.73 bits per heavy atom. The molecule has 2 heterocycles. The number of anilines is 1. The summed E-state index contributed by atoms with van der Waals surface area (Å²) in [5, 5.41) is 0. The summed E-state index contributed by atoms with van der Waals surface area (Å²) in [4.78, 5) is 3.94. The van der Waals surface area contributed by atoms with Crippen LogP contribution in [0.25, 0.3) is 0 Å². The maximum Gasteiger partial charge on any atom is 0.166 e. The van der Waals surface area contributed by atoms with Gasteiger partial charge in [0.1, 0.15) is 0 Å². The Hall–Kier alpha value is -1.25. The normalized spacial score (nSPS) is 21.0. The molecule has 58 valence electrons. The van der Waals surface area contributed by atoms with Crippen LogP contribution in [0.5, 0.6) is 5.75 Å². The van der Waals surface area contributed by atoms with Gasteiger partial charge in [0.25, 0.3) is 0 Å². The van der Waals surface area contributed by atoms with Crippen LogP contribution in [-0.4, -0.2) is 11.6 Å². The van der Waals surface area contributed by atoms with Gasteiger partial charge in [0.05, 0.1) is 6.61 Å². The zero-order valence-electron chi connectivity index (χ0n) is 6.37. The van der Waals surface area contributed by atoms with E-state index in [-0.39, 0.29) is 0 Å². The van der Waals surface area contributed by atoms with Crippen molar-refractivity contribution in [3.8, 4) is 5.75 Å². The average Bonchev–Trinajstić information content (AvgIpc) is 2.35. The van der Waals surface area contributed by atoms with Gasteiger partial charge < -0.3 is 10.5 Å². The molecule has 0 saturated heterocycles. The van der Waals surface area contributed by atoms with E-state index in [0.29, 0.717) is 11.7 Å². The second kappa shape index (κ2) is 2.12. The highest BCUT2D eigenvalue weighted by Gasteiger charge is 2.21. The summed E-state index contributed by atoms with van der Waals surface area (Å²) in [6, 6.07) is 1.96. The van der Waals surface area contributed by atoms with Crippen molar-refractivity contribution in [1.82, 2.24) is 4.98 Å². The third-order valence-electron chi connectivity index (χ3n) is 1.97. The van der Waals surface area contributed by atoms with Gasteiger partial charge in [-0.05, 0) is 6.07 Å². The first-order valence-electron chi connectivity index (χ1n) is 3.66. The number of nitrogens with two attached hydrogens (primary N) is 1. The number of fused-ring (bicyclic) bond motifs is 1. The summed E-state index contributed by atoms with van der Waals surface area (Å²) < 4.78 is 5.35. The summed E-state index contributed by atoms with van der Waals surface area (Å²) in [5.41, 5.74) is 6.78. The molecule has 1 aliphatic heterocycles. The maximum absolute atomic E-state index is 5.60. The molecule has 3 nitrogen and oxygen atoms in total. The molecular weight excluding hydrogens is 140 g/mol. The van der Waals surface area contributed by atoms with Gasteiger partial charge in [-0.15, -0.1) is 0 Å². The molecule has 1 aromatic heterocycles. The zero-order chi connectivity index (χ0) is 7.84. The minimum Gasteiger partial charge on any atom is -0.489 e. The van der Waals surface area contributed by atoms with Crippen LogP contribution >= 0.6 is 0 Å². The van der Waals surface area contributed by atoms with Crippen LogP contribution in [0.1, 0.15) is 18.4 Å². The van der Waals surface area contributed by atoms with E-state index in [2.05, 4.69) is 11.9 Å². The van der Waals surface area contributed by atoms with Gasteiger partial charge >= 0.3 is 0 Å². The lowest BCUT2D eigenvalue weighted by Gasteiger charge is -2.00. The molecule has 0 saturated carbocycles. The van der Waals surface area contributed by atoms with Crippen LogP contribution in [0.2, 0.25) is 0 Å². The van der Waals surface area contributed by atoms with Crippen molar-refractivity contribution in [2.45, 2.75) is 12.8 Å². The van der Waals surface area contributed by atoms with Crippen molar-refractivity contribution < 1.29 is 4.74 Å². The fourth-order valence-electron chi connectivity index (χ4n) is 1.32. The van der Waals surface area contributed by atoms with Crippen LogP contribution in [0.3, 0.4) is 0 Å². The van der Waals surface area contributed by atoms with Crippen molar-refractivity contribution in [3.05, 3.63) is 17.8 Å². The first kappa shape index (κ1) is 6.46. The first-order chi connectivity index (χ1) is 5.29. The second-order valence-electron chi connectivity index (χ2n) is 2.83. The number of aromatic nitrogens is 1. The SMILES string of the molecule is CC1COc2c1ccnc2N. The molecular formula is C8H10N2O. The van der Waals surface area contributed by atoms with Crippen LogP contribution in [0.15, 0.2) is 12.3 Å². The molecule has 1 unspecified atom stereocenters. The largest absolute Gasteiger partial charge is 0.489 e. The predicted octanol–water partition coefficient (Wildman–Crippen LogP) is 1.16. The number of hydrogen-bond acceptors (Lipinski definition) is 3. The predicted molar refractivity (Wildman–Crippen MR) is 42.6 cm³/mol. The van der Waals surface area contributed by atoms with Gasteiger partial charge in [-0.1, -0.05) is 6.92 Å². The van der Waals surface area contributed by atoms with Crippen LogP contribution in [-0.2, 0) is 0 Å². The van der Waals surface area contributed by atoms with Crippen LogP contribution in [0.4, 0.5) is 5.82 Å². The number of nitrogen functional groups attached to an aromatic ring is 1. The Morgan fingerprint density at radius 2 is 2.55 bits per heavy atom. The lowest BCUT2D eigenvalue weighted by atomic mass is 10.1. The van der Waals surface area contributed by atoms with E-state index in [1.165, 1.54) is 5.56 Å². The number of nitrogens with zero attached hydrogens (tertiary/aromatic N) is 1. The quantitative estimate of drug-likeness (QED) is 0.603. The number of pyridine rings is 1. The molecule has 3 heteroatoms. The minimum atomic E-state index is 0.454. The smallest absolute Gasteiger partial charge is 0.166 e. The highest BCUT2D eigenvalue weighted by molar-refractivity contribution is 5.54. The van der Waals surface area contributed by atoms with E-state index in [4.69, 9.17) is 10.5 Å². The van der Waals surface area contributed by atoms with Gasteiger partial charge in [-0.25, -0.2) is 4.98 Å². The summed E-state index contributed by atoms with van der Waals surface area (Å²) in [6.45, 7) is 2.84. The minimum absolute atomic E-state index is 0.454. The molecule has 0 bridgehead atoms. The molecule has 11 heavy (non-hydrogen) atoms. The first-order valence-corrected chi connectivity index (χ1v) is 3.66. The fraction of sp³-hybridized carbons (Fsp3) is 0.375. The van der Waals surface area contributed by atoms with Crippen molar-refractivity contribution in [2.24, 2.45) is 0 Å². The lowest BCUT2D eigenvalue weighted by Crippen LogP contribution is -1.94. The van der Waals surface area contributed by atoms with E-state index >= 15 is 0 Å².